The summed E-state index contributed by atoms with van der Waals surface area (Å²) in [5, 5.41) is 13.9. The zero-order valence-electron chi connectivity index (χ0n) is 11.4. The number of aliphatic hydroxyl groups is 1. The molecule has 0 aliphatic heterocycles. The number of halogens is 3. The number of nitrogens with zero attached hydrogens (tertiary/aromatic N) is 1. The Morgan fingerprint density at radius 2 is 2.05 bits per heavy atom. The zero-order valence-corrected chi connectivity index (χ0v) is 11.4. The number of alkyl halides is 3. The van der Waals surface area contributed by atoms with Crippen molar-refractivity contribution in [1.82, 2.24) is 10.3 Å². The first-order valence-corrected chi connectivity index (χ1v) is 6.84. The van der Waals surface area contributed by atoms with Crippen LogP contribution in [0.4, 0.5) is 13.2 Å². The summed E-state index contributed by atoms with van der Waals surface area (Å²) in [5.74, 6) is 0. The second-order valence-electron chi connectivity index (χ2n) is 5.28. The lowest BCUT2D eigenvalue weighted by Gasteiger charge is -2.37. The van der Waals surface area contributed by atoms with Gasteiger partial charge < -0.3 is 10.4 Å². The minimum atomic E-state index is -4.47. The van der Waals surface area contributed by atoms with E-state index in [1.807, 2.05) is 6.92 Å². The highest BCUT2D eigenvalue weighted by Crippen LogP contribution is 2.42. The molecule has 0 aromatic carbocycles. The lowest BCUT2D eigenvalue weighted by atomic mass is 9.76. The second-order valence-corrected chi connectivity index (χ2v) is 5.28. The predicted molar refractivity (Wildman–Crippen MR) is 69.1 cm³/mol. The van der Waals surface area contributed by atoms with E-state index in [1.54, 1.807) is 0 Å². The SMILES string of the molecule is CCNC1CCC(O)(c2cnccc2C(F)(F)F)CC1. The summed E-state index contributed by atoms with van der Waals surface area (Å²) in [4.78, 5) is 3.76. The summed E-state index contributed by atoms with van der Waals surface area (Å²) in [6.45, 7) is 2.81. The Morgan fingerprint density at radius 1 is 1.40 bits per heavy atom. The van der Waals surface area contributed by atoms with Crippen LogP contribution < -0.4 is 5.32 Å². The number of hydrogen-bond donors (Lipinski definition) is 2. The van der Waals surface area contributed by atoms with E-state index < -0.39 is 17.3 Å². The third-order valence-electron chi connectivity index (χ3n) is 3.93. The number of hydrogen-bond acceptors (Lipinski definition) is 3. The first-order chi connectivity index (χ1) is 9.37. The van der Waals surface area contributed by atoms with Gasteiger partial charge in [-0.3, -0.25) is 4.98 Å². The molecule has 112 valence electrons. The van der Waals surface area contributed by atoms with Gasteiger partial charge in [-0.15, -0.1) is 0 Å². The highest BCUT2D eigenvalue weighted by atomic mass is 19.4. The molecule has 0 spiro atoms. The molecule has 0 radical (unpaired) electrons. The number of rotatable bonds is 3. The minimum Gasteiger partial charge on any atom is -0.385 e. The Hall–Kier alpha value is -1.14. The first kappa shape index (κ1) is 15.3. The molecule has 3 nitrogen and oxygen atoms in total. The fourth-order valence-electron chi connectivity index (χ4n) is 2.87. The average Bonchev–Trinajstić information content (AvgIpc) is 2.41. The molecule has 0 bridgehead atoms. The molecule has 1 aromatic rings. The predicted octanol–water partition coefficient (Wildman–Crippen LogP) is 2.84. The van der Waals surface area contributed by atoms with Gasteiger partial charge in [-0.25, -0.2) is 0 Å². The molecule has 0 atom stereocenters. The Bertz CT molecular complexity index is 454. The molecule has 1 aromatic heterocycles. The summed E-state index contributed by atoms with van der Waals surface area (Å²) in [5.41, 5.74) is -2.30. The lowest BCUT2D eigenvalue weighted by molar-refractivity contribution is -0.141. The van der Waals surface area contributed by atoms with Crippen molar-refractivity contribution in [2.45, 2.75) is 50.4 Å². The maximum atomic E-state index is 13.0. The van der Waals surface area contributed by atoms with Crippen molar-refractivity contribution < 1.29 is 18.3 Å². The van der Waals surface area contributed by atoms with Crippen molar-refractivity contribution in [1.29, 1.82) is 0 Å². The van der Waals surface area contributed by atoms with Crippen LogP contribution in [-0.4, -0.2) is 22.7 Å². The highest BCUT2D eigenvalue weighted by molar-refractivity contribution is 5.32. The smallest absolute Gasteiger partial charge is 0.385 e. The molecule has 0 saturated heterocycles. The van der Waals surface area contributed by atoms with Gasteiger partial charge >= 0.3 is 6.18 Å². The third-order valence-corrected chi connectivity index (χ3v) is 3.93. The molecular formula is C14H19F3N2O. The van der Waals surface area contributed by atoms with Crippen LogP contribution in [0.3, 0.4) is 0 Å². The average molecular weight is 288 g/mol. The van der Waals surface area contributed by atoms with Crippen molar-refractivity contribution in [3.05, 3.63) is 29.6 Å². The van der Waals surface area contributed by atoms with Gasteiger partial charge in [-0.05, 0) is 38.3 Å². The summed E-state index contributed by atoms with van der Waals surface area (Å²) in [7, 11) is 0. The standard InChI is InChI=1S/C14H19F3N2O/c1-2-19-10-3-6-13(20,7-4-10)12-9-18-8-5-11(12)14(15,16)17/h5,8-10,19-20H,2-4,6-7H2,1H3. The van der Waals surface area contributed by atoms with Gasteiger partial charge in [0.05, 0.1) is 11.2 Å². The van der Waals surface area contributed by atoms with Crippen LogP contribution >= 0.6 is 0 Å². The molecule has 1 saturated carbocycles. The van der Waals surface area contributed by atoms with Gasteiger partial charge in [-0.2, -0.15) is 13.2 Å². The van der Waals surface area contributed by atoms with E-state index in [4.69, 9.17) is 0 Å². The molecule has 1 aliphatic rings. The molecular weight excluding hydrogens is 269 g/mol. The first-order valence-electron chi connectivity index (χ1n) is 6.84. The minimum absolute atomic E-state index is 0.0950. The summed E-state index contributed by atoms with van der Waals surface area (Å²) in [6, 6.07) is 1.20. The molecule has 20 heavy (non-hydrogen) atoms. The fraction of sp³-hybridized carbons (Fsp3) is 0.643. The van der Waals surface area contributed by atoms with Crippen LogP contribution in [0.2, 0.25) is 0 Å². The normalized spacial score (nSPS) is 27.6. The van der Waals surface area contributed by atoms with Gasteiger partial charge in [0.1, 0.15) is 0 Å². The monoisotopic (exact) mass is 288 g/mol. The number of nitrogens with one attached hydrogen (secondary N) is 1. The molecule has 2 N–H and O–H groups in total. The Morgan fingerprint density at radius 3 is 2.60 bits per heavy atom. The van der Waals surface area contributed by atoms with Gasteiger partial charge in [0, 0.05) is 24.0 Å². The van der Waals surface area contributed by atoms with Gasteiger partial charge in [0.15, 0.2) is 0 Å². The molecule has 1 heterocycles. The summed E-state index contributed by atoms with van der Waals surface area (Å²) >= 11 is 0. The van der Waals surface area contributed by atoms with E-state index >= 15 is 0 Å². The zero-order chi connectivity index (χ0) is 14.8. The quantitative estimate of drug-likeness (QED) is 0.899. The molecule has 2 rings (SSSR count). The third kappa shape index (κ3) is 3.12. The Balaban J connectivity index is 2.24. The van der Waals surface area contributed by atoms with E-state index in [-0.39, 0.29) is 11.6 Å². The molecule has 1 fully saturated rings. The van der Waals surface area contributed by atoms with Crippen LogP contribution in [0.25, 0.3) is 0 Å². The molecule has 1 aliphatic carbocycles. The van der Waals surface area contributed by atoms with Crippen molar-refractivity contribution >= 4 is 0 Å². The summed E-state index contributed by atoms with van der Waals surface area (Å²) in [6.07, 6.45) is -0.241. The van der Waals surface area contributed by atoms with E-state index in [0.717, 1.165) is 25.0 Å². The van der Waals surface area contributed by atoms with E-state index in [0.29, 0.717) is 25.7 Å². The van der Waals surface area contributed by atoms with Gasteiger partial charge in [0.2, 0.25) is 0 Å². The van der Waals surface area contributed by atoms with Crippen LogP contribution in [0.1, 0.15) is 43.7 Å². The van der Waals surface area contributed by atoms with Crippen molar-refractivity contribution in [2.24, 2.45) is 0 Å². The van der Waals surface area contributed by atoms with Gasteiger partial charge in [-0.1, -0.05) is 6.92 Å². The number of pyridine rings is 1. The van der Waals surface area contributed by atoms with Gasteiger partial charge in [0.25, 0.3) is 0 Å². The summed E-state index contributed by atoms with van der Waals surface area (Å²) < 4.78 is 39.1. The lowest BCUT2D eigenvalue weighted by Crippen LogP contribution is -2.40. The van der Waals surface area contributed by atoms with Crippen molar-refractivity contribution in [3.63, 3.8) is 0 Å². The van der Waals surface area contributed by atoms with Crippen LogP contribution in [0.5, 0.6) is 0 Å². The van der Waals surface area contributed by atoms with E-state index in [9.17, 15) is 18.3 Å². The molecule has 6 heteroatoms. The highest BCUT2D eigenvalue weighted by Gasteiger charge is 2.42. The van der Waals surface area contributed by atoms with E-state index in [1.165, 1.54) is 0 Å². The van der Waals surface area contributed by atoms with Crippen LogP contribution in [0.15, 0.2) is 18.5 Å². The van der Waals surface area contributed by atoms with Crippen molar-refractivity contribution in [3.8, 4) is 0 Å². The fourth-order valence-corrected chi connectivity index (χ4v) is 2.87. The maximum absolute atomic E-state index is 13.0. The van der Waals surface area contributed by atoms with Crippen molar-refractivity contribution in [2.75, 3.05) is 6.54 Å². The molecule has 0 unspecified atom stereocenters. The second kappa shape index (κ2) is 5.69. The maximum Gasteiger partial charge on any atom is 0.416 e. The molecule has 0 amide bonds. The van der Waals surface area contributed by atoms with Crippen LogP contribution in [0, 0.1) is 0 Å². The Kier molecular flexibility index (Phi) is 4.34. The van der Waals surface area contributed by atoms with Crippen LogP contribution in [-0.2, 0) is 11.8 Å². The van der Waals surface area contributed by atoms with E-state index in [2.05, 4.69) is 10.3 Å². The topological polar surface area (TPSA) is 45.1 Å². The largest absolute Gasteiger partial charge is 0.416 e. The Labute approximate surface area is 116 Å². The number of aromatic nitrogens is 1.